The third-order valence-corrected chi connectivity index (χ3v) is 2.73. The smallest absolute Gasteiger partial charge is 0.254 e. The van der Waals surface area contributed by atoms with Crippen molar-refractivity contribution in [2.45, 2.75) is 6.92 Å². The molecular formula is C11H10ClNO. The number of hydrogen-bond acceptors (Lipinski definition) is 1. The van der Waals surface area contributed by atoms with Crippen LogP contribution in [-0.4, -0.2) is 4.57 Å². The predicted molar refractivity (Wildman–Crippen MR) is 58.1 cm³/mol. The van der Waals surface area contributed by atoms with Gasteiger partial charge >= 0.3 is 0 Å². The van der Waals surface area contributed by atoms with E-state index >= 15 is 0 Å². The first-order chi connectivity index (χ1) is 6.61. The van der Waals surface area contributed by atoms with Crippen molar-refractivity contribution >= 4 is 11.6 Å². The summed E-state index contributed by atoms with van der Waals surface area (Å²) in [5.41, 5.74) is 2.71. The van der Waals surface area contributed by atoms with Crippen LogP contribution in [-0.2, 0) is 7.05 Å². The molecule has 0 aromatic carbocycles. The van der Waals surface area contributed by atoms with Gasteiger partial charge in [-0.3, -0.25) is 4.79 Å². The van der Waals surface area contributed by atoms with Crippen LogP contribution in [0.3, 0.4) is 0 Å². The molecule has 2 nitrogen and oxygen atoms in total. The van der Waals surface area contributed by atoms with Gasteiger partial charge in [-0.05, 0) is 25.1 Å². The molecule has 2 rings (SSSR count). The van der Waals surface area contributed by atoms with Crippen molar-refractivity contribution < 1.29 is 0 Å². The molecule has 0 spiro atoms. The number of nitrogens with zero attached hydrogens (tertiary/aromatic N) is 1. The quantitative estimate of drug-likeness (QED) is 0.651. The Morgan fingerprint density at radius 1 is 1.21 bits per heavy atom. The summed E-state index contributed by atoms with van der Waals surface area (Å²) in [6.07, 6.45) is 0. The van der Waals surface area contributed by atoms with Crippen molar-refractivity contribution in [1.29, 1.82) is 0 Å². The van der Waals surface area contributed by atoms with Crippen LogP contribution < -0.4 is 5.56 Å². The lowest BCUT2D eigenvalue weighted by Crippen LogP contribution is -2.11. The van der Waals surface area contributed by atoms with Gasteiger partial charge in [-0.1, -0.05) is 17.7 Å². The van der Waals surface area contributed by atoms with Crippen molar-refractivity contribution in [3.05, 3.63) is 45.2 Å². The summed E-state index contributed by atoms with van der Waals surface area (Å²) in [5, 5.41) is 0.674. The van der Waals surface area contributed by atoms with Crippen molar-refractivity contribution in [2.24, 2.45) is 7.05 Å². The molecule has 2 aliphatic rings. The van der Waals surface area contributed by atoms with Gasteiger partial charge < -0.3 is 4.57 Å². The number of aromatic nitrogens is 1. The Hall–Kier alpha value is -1.28. The highest BCUT2D eigenvalue weighted by molar-refractivity contribution is 6.30. The largest absolute Gasteiger partial charge is 0.311 e. The minimum Gasteiger partial charge on any atom is -0.311 e. The van der Waals surface area contributed by atoms with E-state index in [1.54, 1.807) is 23.7 Å². The molecule has 1 aliphatic carbocycles. The Kier molecular flexibility index (Phi) is 2.08. The van der Waals surface area contributed by atoms with Gasteiger partial charge in [0.25, 0.3) is 5.56 Å². The van der Waals surface area contributed by atoms with E-state index in [2.05, 4.69) is 0 Å². The van der Waals surface area contributed by atoms with Gasteiger partial charge in [0.05, 0.1) is 5.69 Å². The van der Waals surface area contributed by atoms with Crippen LogP contribution in [0.2, 0.25) is 5.02 Å². The molecule has 0 saturated carbocycles. The zero-order valence-electron chi connectivity index (χ0n) is 8.04. The van der Waals surface area contributed by atoms with Crippen molar-refractivity contribution in [3.63, 3.8) is 0 Å². The van der Waals surface area contributed by atoms with E-state index < -0.39 is 0 Å². The van der Waals surface area contributed by atoms with Gasteiger partial charge in [-0.2, -0.15) is 0 Å². The van der Waals surface area contributed by atoms with Gasteiger partial charge in [0.2, 0.25) is 0 Å². The molecule has 3 heteroatoms. The third-order valence-electron chi connectivity index (χ3n) is 2.48. The van der Waals surface area contributed by atoms with Gasteiger partial charge in [0, 0.05) is 23.2 Å². The topological polar surface area (TPSA) is 22.0 Å². The molecule has 0 aromatic heterocycles. The predicted octanol–water partition coefficient (Wildman–Crippen LogP) is 2.45. The van der Waals surface area contributed by atoms with Crippen LogP contribution in [0.4, 0.5) is 0 Å². The fourth-order valence-corrected chi connectivity index (χ4v) is 1.76. The molecule has 0 N–H and O–H groups in total. The van der Waals surface area contributed by atoms with Gasteiger partial charge in [-0.15, -0.1) is 0 Å². The van der Waals surface area contributed by atoms with Crippen LogP contribution in [0.5, 0.6) is 0 Å². The fraction of sp³-hybridized carbons (Fsp3) is 0.182. The Morgan fingerprint density at radius 3 is 2.57 bits per heavy atom. The van der Waals surface area contributed by atoms with Crippen LogP contribution >= 0.6 is 11.6 Å². The maximum Gasteiger partial charge on any atom is 0.254 e. The minimum atomic E-state index is 0.0577. The molecule has 0 aromatic rings. The summed E-state index contributed by atoms with van der Waals surface area (Å²) in [4.78, 5) is 11.6. The lowest BCUT2D eigenvalue weighted by atomic mass is 10.1. The van der Waals surface area contributed by atoms with E-state index in [0.717, 1.165) is 16.8 Å². The first-order valence-electron chi connectivity index (χ1n) is 4.36. The molecule has 0 atom stereocenters. The van der Waals surface area contributed by atoms with Gasteiger partial charge in [0.15, 0.2) is 0 Å². The first-order valence-corrected chi connectivity index (χ1v) is 4.74. The zero-order valence-corrected chi connectivity index (χ0v) is 8.80. The first kappa shape index (κ1) is 9.28. The second-order valence-corrected chi connectivity index (χ2v) is 3.78. The van der Waals surface area contributed by atoms with E-state index in [-0.39, 0.29) is 5.56 Å². The van der Waals surface area contributed by atoms with E-state index in [1.807, 2.05) is 19.1 Å². The fourth-order valence-electron chi connectivity index (χ4n) is 1.64. The minimum absolute atomic E-state index is 0.0577. The number of hydrogen-bond donors (Lipinski definition) is 0. The van der Waals surface area contributed by atoms with Gasteiger partial charge in [-0.25, -0.2) is 0 Å². The summed E-state index contributed by atoms with van der Waals surface area (Å²) in [5.74, 6) is 0. The van der Waals surface area contributed by atoms with Gasteiger partial charge in [0.1, 0.15) is 0 Å². The molecular weight excluding hydrogens is 198 g/mol. The zero-order chi connectivity index (χ0) is 10.3. The third kappa shape index (κ3) is 1.23. The Morgan fingerprint density at radius 2 is 1.86 bits per heavy atom. The Labute approximate surface area is 87.1 Å². The highest BCUT2D eigenvalue weighted by Crippen LogP contribution is 2.23. The summed E-state index contributed by atoms with van der Waals surface area (Å²) in [6.45, 7) is 1.83. The molecule has 0 saturated heterocycles. The standard InChI is InChI=1S/C11H10ClNO/c1-7-9-5-3-8(12)4-6-10(9)13(2)11(7)14/h3-6H,1-2H3. The van der Waals surface area contributed by atoms with E-state index in [9.17, 15) is 4.79 Å². The van der Waals surface area contributed by atoms with Crippen molar-refractivity contribution in [2.75, 3.05) is 0 Å². The Balaban J connectivity index is 2.91. The Bertz CT molecular complexity index is 473. The van der Waals surface area contributed by atoms with E-state index in [0.29, 0.717) is 5.02 Å². The lowest BCUT2D eigenvalue weighted by molar-refractivity contribution is 0.893. The van der Waals surface area contributed by atoms with Crippen molar-refractivity contribution in [3.8, 4) is 11.3 Å². The number of rotatable bonds is 0. The normalized spacial score (nSPS) is 10.8. The van der Waals surface area contributed by atoms with Crippen LogP contribution in [0.25, 0.3) is 11.3 Å². The highest BCUT2D eigenvalue weighted by atomic mass is 35.5. The van der Waals surface area contributed by atoms with Crippen LogP contribution in [0.1, 0.15) is 5.56 Å². The molecule has 72 valence electrons. The van der Waals surface area contributed by atoms with E-state index in [1.165, 1.54) is 0 Å². The summed E-state index contributed by atoms with van der Waals surface area (Å²) in [7, 11) is 1.77. The second-order valence-electron chi connectivity index (χ2n) is 3.34. The molecule has 0 bridgehead atoms. The van der Waals surface area contributed by atoms with E-state index in [4.69, 9.17) is 11.6 Å². The van der Waals surface area contributed by atoms with Crippen LogP contribution in [0, 0.1) is 6.92 Å². The summed E-state index contributed by atoms with van der Waals surface area (Å²) < 4.78 is 1.64. The maximum absolute atomic E-state index is 11.6. The van der Waals surface area contributed by atoms with Crippen LogP contribution in [0.15, 0.2) is 29.1 Å². The number of halogens is 1. The molecule has 1 heterocycles. The lowest BCUT2D eigenvalue weighted by Gasteiger charge is -1.95. The second kappa shape index (κ2) is 3.14. The number of fused-ring (bicyclic) bond motifs is 1. The molecule has 14 heavy (non-hydrogen) atoms. The molecule has 0 unspecified atom stereocenters. The highest BCUT2D eigenvalue weighted by Gasteiger charge is 2.13. The molecule has 1 aliphatic heterocycles. The maximum atomic E-state index is 11.6. The average molecular weight is 208 g/mol. The molecule has 0 fully saturated rings. The average Bonchev–Trinajstić information content (AvgIpc) is 2.34. The molecule has 0 amide bonds. The monoisotopic (exact) mass is 207 g/mol. The molecule has 0 radical (unpaired) electrons. The summed E-state index contributed by atoms with van der Waals surface area (Å²) in [6, 6.07) is 7.35. The van der Waals surface area contributed by atoms with Crippen molar-refractivity contribution in [1.82, 2.24) is 4.57 Å². The SMILES string of the molecule is Cc1c2ccc(Cl)ccc-2n(C)c1=O. The summed E-state index contributed by atoms with van der Waals surface area (Å²) >= 11 is 5.87.